The number of rotatable bonds is 5. The Labute approximate surface area is 149 Å². The third kappa shape index (κ3) is 3.47. The van der Waals surface area contributed by atoms with Crippen molar-refractivity contribution in [3.8, 4) is 5.75 Å². The molecule has 1 aliphatic rings. The van der Waals surface area contributed by atoms with E-state index in [4.69, 9.17) is 0 Å². The number of hydrogen-bond donors (Lipinski definition) is 2. The topological polar surface area (TPSA) is 32.3 Å². The molecule has 0 heterocycles. The maximum Gasteiger partial charge on any atom is 0.115 e. The van der Waals surface area contributed by atoms with E-state index in [-0.39, 0.29) is 5.41 Å². The number of hydrogen-bond acceptors (Lipinski definition) is 3. The van der Waals surface area contributed by atoms with Gasteiger partial charge in [-0.3, -0.25) is 0 Å². The van der Waals surface area contributed by atoms with E-state index >= 15 is 0 Å². The van der Waals surface area contributed by atoms with Crippen LogP contribution >= 0.6 is 11.8 Å². The summed E-state index contributed by atoms with van der Waals surface area (Å²) in [5.74, 6) is 0.366. The van der Waals surface area contributed by atoms with Crippen LogP contribution in [0.15, 0.2) is 53.4 Å². The minimum atomic E-state index is -0.0199. The van der Waals surface area contributed by atoms with E-state index in [9.17, 15) is 5.11 Å². The van der Waals surface area contributed by atoms with Gasteiger partial charge in [0.05, 0.1) is 0 Å². The maximum atomic E-state index is 9.96. The van der Waals surface area contributed by atoms with Crippen LogP contribution in [0.2, 0.25) is 0 Å². The average Bonchev–Trinajstić information content (AvgIpc) is 2.56. The highest BCUT2D eigenvalue weighted by Crippen LogP contribution is 2.44. The second-order valence-corrected chi connectivity index (χ2v) is 8.48. The van der Waals surface area contributed by atoms with Crippen molar-refractivity contribution < 1.29 is 5.11 Å². The van der Waals surface area contributed by atoms with E-state index in [0.29, 0.717) is 17.0 Å². The zero-order chi connectivity index (χ0) is 17.2. The Morgan fingerprint density at radius 1 is 1.17 bits per heavy atom. The first kappa shape index (κ1) is 17.4. The highest BCUT2D eigenvalue weighted by Gasteiger charge is 2.42. The molecule has 0 spiro atoms. The third-order valence-corrected chi connectivity index (χ3v) is 6.29. The van der Waals surface area contributed by atoms with Crippen molar-refractivity contribution in [3.05, 3.63) is 59.7 Å². The number of phenols is 1. The molecule has 0 saturated heterocycles. The summed E-state index contributed by atoms with van der Waals surface area (Å²) in [6, 6.07) is 16.9. The molecule has 128 valence electrons. The Morgan fingerprint density at radius 3 is 2.62 bits per heavy atom. The van der Waals surface area contributed by atoms with Gasteiger partial charge in [0.2, 0.25) is 0 Å². The van der Waals surface area contributed by atoms with E-state index < -0.39 is 0 Å². The summed E-state index contributed by atoms with van der Waals surface area (Å²) in [6.45, 7) is 7.84. The lowest BCUT2D eigenvalue weighted by atomic mass is 9.69. The largest absolute Gasteiger partial charge is 0.508 e. The second-order valence-electron chi connectivity index (χ2n) is 7.17. The molecular weight excluding hydrogens is 314 g/mol. The molecule has 3 rings (SSSR count). The zero-order valence-electron chi connectivity index (χ0n) is 14.8. The van der Waals surface area contributed by atoms with Crippen LogP contribution in [-0.4, -0.2) is 22.9 Å². The van der Waals surface area contributed by atoms with Gasteiger partial charge in [0.1, 0.15) is 5.75 Å². The number of thioether (sulfide) groups is 1. The van der Waals surface area contributed by atoms with Crippen LogP contribution in [0.4, 0.5) is 0 Å². The van der Waals surface area contributed by atoms with Gasteiger partial charge in [0, 0.05) is 21.6 Å². The molecule has 2 nitrogen and oxygen atoms in total. The Morgan fingerprint density at radius 2 is 1.92 bits per heavy atom. The summed E-state index contributed by atoms with van der Waals surface area (Å²) in [7, 11) is 0. The molecule has 24 heavy (non-hydrogen) atoms. The van der Waals surface area contributed by atoms with Crippen LogP contribution in [0.1, 0.15) is 38.3 Å². The van der Waals surface area contributed by atoms with Crippen molar-refractivity contribution in [1.29, 1.82) is 0 Å². The van der Waals surface area contributed by atoms with Gasteiger partial charge in [-0.2, -0.15) is 0 Å². The fraction of sp³-hybridized carbons (Fsp3) is 0.429. The highest BCUT2D eigenvalue weighted by molar-refractivity contribution is 8.00. The first-order valence-corrected chi connectivity index (χ1v) is 9.67. The van der Waals surface area contributed by atoms with Crippen molar-refractivity contribution in [3.63, 3.8) is 0 Å². The molecule has 0 amide bonds. The van der Waals surface area contributed by atoms with E-state index in [2.05, 4.69) is 62.5 Å². The monoisotopic (exact) mass is 341 g/mol. The lowest BCUT2D eigenvalue weighted by molar-refractivity contribution is 0.310. The minimum absolute atomic E-state index is 0.0199. The molecule has 0 aliphatic heterocycles. The summed E-state index contributed by atoms with van der Waals surface area (Å²) in [4.78, 5) is 1.32. The van der Waals surface area contributed by atoms with E-state index in [1.165, 1.54) is 16.0 Å². The maximum absolute atomic E-state index is 9.96. The van der Waals surface area contributed by atoms with Crippen molar-refractivity contribution in [2.45, 2.75) is 55.2 Å². The highest BCUT2D eigenvalue weighted by atomic mass is 32.2. The molecule has 0 unspecified atom stereocenters. The number of benzene rings is 2. The van der Waals surface area contributed by atoms with Gasteiger partial charge < -0.3 is 10.4 Å². The molecule has 2 N–H and O–H groups in total. The fourth-order valence-corrected chi connectivity index (χ4v) is 5.28. The van der Waals surface area contributed by atoms with Crippen LogP contribution in [0.3, 0.4) is 0 Å². The van der Waals surface area contributed by atoms with Gasteiger partial charge in [-0.25, -0.2) is 0 Å². The van der Waals surface area contributed by atoms with Crippen LogP contribution in [-0.2, 0) is 11.8 Å². The van der Waals surface area contributed by atoms with Crippen LogP contribution in [0, 0.1) is 0 Å². The molecule has 0 saturated carbocycles. The van der Waals surface area contributed by atoms with Gasteiger partial charge in [-0.1, -0.05) is 45.0 Å². The molecule has 0 fully saturated rings. The Balaban J connectivity index is 1.96. The third-order valence-electron chi connectivity index (χ3n) is 5.00. The van der Waals surface area contributed by atoms with E-state index in [1.807, 2.05) is 23.9 Å². The summed E-state index contributed by atoms with van der Waals surface area (Å²) in [6.07, 6.45) is 2.15. The molecule has 0 aromatic heterocycles. The summed E-state index contributed by atoms with van der Waals surface area (Å²) >= 11 is 1.97. The van der Waals surface area contributed by atoms with Gasteiger partial charge in [0.25, 0.3) is 0 Å². The predicted octanol–water partition coefficient (Wildman–Crippen LogP) is 4.76. The molecule has 2 atom stereocenters. The molecular formula is C21H27NOS. The van der Waals surface area contributed by atoms with Crippen molar-refractivity contribution in [2.24, 2.45) is 0 Å². The Kier molecular flexibility index (Phi) is 5.21. The minimum Gasteiger partial charge on any atom is -0.508 e. The lowest BCUT2D eigenvalue weighted by Gasteiger charge is -2.45. The summed E-state index contributed by atoms with van der Waals surface area (Å²) < 4.78 is 0. The lowest BCUT2D eigenvalue weighted by Crippen LogP contribution is -2.55. The molecule has 0 bridgehead atoms. The van der Waals surface area contributed by atoms with Gasteiger partial charge >= 0.3 is 0 Å². The molecule has 2 aromatic carbocycles. The van der Waals surface area contributed by atoms with Gasteiger partial charge in [-0.15, -0.1) is 11.8 Å². The van der Waals surface area contributed by atoms with E-state index in [1.54, 1.807) is 0 Å². The summed E-state index contributed by atoms with van der Waals surface area (Å²) in [5.41, 5.74) is 2.62. The number of phenolic OH excluding ortho intramolecular Hbond substituents is 1. The molecule has 2 aromatic rings. The Hall–Kier alpha value is -1.45. The van der Waals surface area contributed by atoms with Gasteiger partial charge in [0.15, 0.2) is 0 Å². The first-order valence-electron chi connectivity index (χ1n) is 8.80. The first-order chi connectivity index (χ1) is 11.5. The SMILES string of the molecule is CCCN[C@H]1[C@H](Sc2ccccc2)Cc2ccc(O)cc2C1(C)C. The molecule has 1 aliphatic carbocycles. The quantitative estimate of drug-likeness (QED) is 0.823. The van der Waals surface area contributed by atoms with Crippen molar-refractivity contribution >= 4 is 11.8 Å². The van der Waals surface area contributed by atoms with Crippen LogP contribution in [0.25, 0.3) is 0 Å². The number of nitrogens with one attached hydrogen (secondary N) is 1. The smallest absolute Gasteiger partial charge is 0.115 e. The van der Waals surface area contributed by atoms with Crippen molar-refractivity contribution in [1.82, 2.24) is 5.32 Å². The van der Waals surface area contributed by atoms with Gasteiger partial charge in [-0.05, 0) is 54.8 Å². The predicted molar refractivity (Wildman–Crippen MR) is 103 cm³/mol. The van der Waals surface area contributed by atoms with Crippen molar-refractivity contribution in [2.75, 3.05) is 6.54 Å². The van der Waals surface area contributed by atoms with Crippen LogP contribution < -0.4 is 5.32 Å². The molecule has 0 radical (unpaired) electrons. The molecule has 3 heteroatoms. The number of fused-ring (bicyclic) bond motifs is 1. The normalized spacial score (nSPS) is 22.1. The number of aromatic hydroxyl groups is 1. The Bertz CT molecular complexity index is 683. The average molecular weight is 342 g/mol. The summed E-state index contributed by atoms with van der Waals surface area (Å²) in [5, 5.41) is 14.2. The fourth-order valence-electron chi connectivity index (χ4n) is 3.78. The second kappa shape index (κ2) is 7.20. The zero-order valence-corrected chi connectivity index (χ0v) is 15.6. The van der Waals surface area contributed by atoms with Crippen LogP contribution in [0.5, 0.6) is 5.75 Å². The van der Waals surface area contributed by atoms with E-state index in [0.717, 1.165) is 19.4 Å². The standard InChI is InChI=1S/C21H27NOS/c1-4-12-22-20-19(24-17-8-6-5-7-9-17)13-15-10-11-16(23)14-18(15)21(20,2)3/h5-11,14,19-20,22-23H,4,12-13H2,1-3H3/t19-,20+/m1/s1.